The summed E-state index contributed by atoms with van der Waals surface area (Å²) in [6.45, 7) is 13.2. The molecule has 1 amide bonds. The summed E-state index contributed by atoms with van der Waals surface area (Å²) in [6.07, 6.45) is 2.83. The number of carbonyl (C=O) groups is 1. The van der Waals surface area contributed by atoms with E-state index in [2.05, 4.69) is 36.4 Å². The number of amides is 1. The zero-order chi connectivity index (χ0) is 28.7. The number of aliphatic imine (C=N–C) groups is 1. The first-order valence-electron chi connectivity index (χ1n) is 13.1. The van der Waals surface area contributed by atoms with Crippen molar-refractivity contribution in [2.45, 2.75) is 85.2 Å². The molecular formula is C29H41F4N3O2. The van der Waals surface area contributed by atoms with Crippen LogP contribution in [0.1, 0.15) is 72.9 Å². The van der Waals surface area contributed by atoms with Gasteiger partial charge in [0.15, 0.2) is 0 Å². The van der Waals surface area contributed by atoms with Crippen LogP contribution in [0.25, 0.3) is 0 Å². The van der Waals surface area contributed by atoms with E-state index in [1.807, 2.05) is 32.9 Å². The van der Waals surface area contributed by atoms with Gasteiger partial charge in [0.1, 0.15) is 12.4 Å². The Morgan fingerprint density at radius 2 is 1.76 bits per heavy atom. The molecule has 0 aromatic heterocycles. The Morgan fingerprint density at radius 1 is 1.13 bits per heavy atom. The predicted octanol–water partition coefficient (Wildman–Crippen LogP) is 6.88. The molecule has 212 valence electrons. The third kappa shape index (κ3) is 10.2. The molecule has 0 radical (unpaired) electrons. The smallest absolute Gasteiger partial charge is 0.373 e. The van der Waals surface area contributed by atoms with Crippen LogP contribution in [0.5, 0.6) is 0 Å². The van der Waals surface area contributed by atoms with Crippen LogP contribution in [-0.2, 0) is 9.53 Å². The van der Waals surface area contributed by atoms with Crippen LogP contribution in [0.2, 0.25) is 0 Å². The number of halogens is 4. The first kappa shape index (κ1) is 31.5. The molecule has 5 nitrogen and oxygen atoms in total. The number of rotatable bonds is 10. The summed E-state index contributed by atoms with van der Waals surface area (Å²) in [5, 5.41) is 4.99. The van der Waals surface area contributed by atoms with Gasteiger partial charge in [-0.25, -0.2) is 4.39 Å². The summed E-state index contributed by atoms with van der Waals surface area (Å²) in [6, 6.07) is 4.34. The fourth-order valence-electron chi connectivity index (χ4n) is 4.50. The van der Waals surface area contributed by atoms with Crippen molar-refractivity contribution < 1.29 is 27.1 Å². The Bertz CT molecular complexity index is 1010. The Balaban J connectivity index is 2.05. The average Bonchev–Trinajstić information content (AvgIpc) is 2.80. The molecule has 1 aliphatic rings. The van der Waals surface area contributed by atoms with Crippen molar-refractivity contribution in [2.75, 3.05) is 6.54 Å². The summed E-state index contributed by atoms with van der Waals surface area (Å²) >= 11 is 0. The van der Waals surface area contributed by atoms with Crippen molar-refractivity contribution in [3.05, 3.63) is 59.6 Å². The second-order valence-corrected chi connectivity index (χ2v) is 11.0. The van der Waals surface area contributed by atoms with Crippen molar-refractivity contribution >= 4 is 11.7 Å². The van der Waals surface area contributed by atoms with Crippen LogP contribution in [0, 0.1) is 23.6 Å². The van der Waals surface area contributed by atoms with Gasteiger partial charge >= 0.3 is 6.18 Å². The molecule has 2 rings (SSSR count). The van der Waals surface area contributed by atoms with Gasteiger partial charge in [-0.05, 0) is 82.6 Å². The first-order valence-corrected chi connectivity index (χ1v) is 13.1. The van der Waals surface area contributed by atoms with Crippen LogP contribution >= 0.6 is 0 Å². The highest BCUT2D eigenvalue weighted by molar-refractivity contribution is 5.90. The molecule has 1 aromatic rings. The minimum atomic E-state index is -4.78. The molecule has 0 aliphatic heterocycles. The van der Waals surface area contributed by atoms with Crippen LogP contribution < -0.4 is 10.6 Å². The lowest BCUT2D eigenvalue weighted by atomic mass is 9.79. The summed E-state index contributed by atoms with van der Waals surface area (Å²) < 4.78 is 60.0. The average molecular weight is 540 g/mol. The summed E-state index contributed by atoms with van der Waals surface area (Å²) in [5.74, 6) is -1.68. The van der Waals surface area contributed by atoms with Gasteiger partial charge in [-0.2, -0.15) is 13.2 Å². The standard InChI is InChI=1S/C29H41F4N3O2/c1-8-21(20(4)38-28(5,6)7)15-23-16-25(14-9-18(23)2)36-26(37)17-34-27(29(31,32)33)35-19(3)22-10-12-24(30)13-11-22/h9-14,16,18-21,23H,8,15,17H2,1-7H3,(H,34,35)(H,36,37). The quantitative estimate of drug-likeness (QED) is 0.194. The van der Waals surface area contributed by atoms with Crippen LogP contribution in [-0.4, -0.2) is 36.2 Å². The van der Waals surface area contributed by atoms with Gasteiger partial charge in [0.25, 0.3) is 0 Å². The van der Waals surface area contributed by atoms with Gasteiger partial charge in [-0.1, -0.05) is 44.6 Å². The number of allylic oxidation sites excluding steroid dienone is 3. The van der Waals surface area contributed by atoms with E-state index in [0.717, 1.165) is 12.8 Å². The minimum Gasteiger partial charge on any atom is -0.373 e. The van der Waals surface area contributed by atoms with Gasteiger partial charge in [-0.15, -0.1) is 0 Å². The number of hydrogen-bond donors (Lipinski definition) is 2. The molecule has 0 heterocycles. The fraction of sp³-hybridized carbons (Fsp3) is 0.586. The number of ether oxygens (including phenoxy) is 1. The van der Waals surface area contributed by atoms with Crippen molar-refractivity contribution in [3.63, 3.8) is 0 Å². The maximum Gasteiger partial charge on any atom is 0.448 e. The highest BCUT2D eigenvalue weighted by Crippen LogP contribution is 2.32. The highest BCUT2D eigenvalue weighted by Gasteiger charge is 2.37. The van der Waals surface area contributed by atoms with Crippen molar-refractivity contribution in [3.8, 4) is 0 Å². The van der Waals surface area contributed by atoms with E-state index in [4.69, 9.17) is 4.74 Å². The monoisotopic (exact) mass is 539 g/mol. The van der Waals surface area contributed by atoms with Crippen LogP contribution in [0.4, 0.5) is 17.6 Å². The summed E-state index contributed by atoms with van der Waals surface area (Å²) in [7, 11) is 0. The maximum atomic E-state index is 13.6. The number of benzene rings is 1. The van der Waals surface area contributed by atoms with Gasteiger partial charge in [0, 0.05) is 11.7 Å². The Morgan fingerprint density at radius 3 is 2.32 bits per heavy atom. The number of amidine groups is 1. The fourth-order valence-corrected chi connectivity index (χ4v) is 4.50. The molecule has 38 heavy (non-hydrogen) atoms. The Hall–Kier alpha value is -2.68. The number of nitrogens with one attached hydrogen (secondary N) is 2. The van der Waals surface area contributed by atoms with E-state index in [-0.39, 0.29) is 23.5 Å². The van der Waals surface area contributed by atoms with Crippen molar-refractivity contribution in [1.82, 2.24) is 10.6 Å². The molecule has 0 spiro atoms. The Labute approximate surface area is 223 Å². The van der Waals surface area contributed by atoms with Gasteiger partial charge in [0.2, 0.25) is 11.7 Å². The van der Waals surface area contributed by atoms with E-state index in [1.54, 1.807) is 6.08 Å². The molecule has 5 unspecified atom stereocenters. The zero-order valence-corrected chi connectivity index (χ0v) is 23.3. The van der Waals surface area contributed by atoms with Gasteiger partial charge < -0.3 is 15.4 Å². The first-order chi connectivity index (χ1) is 17.6. The third-order valence-corrected chi connectivity index (χ3v) is 6.61. The molecular weight excluding hydrogens is 498 g/mol. The van der Waals surface area contributed by atoms with E-state index in [9.17, 15) is 22.4 Å². The second-order valence-electron chi connectivity index (χ2n) is 11.0. The number of nitrogens with zero attached hydrogens (tertiary/aromatic N) is 1. The van der Waals surface area contributed by atoms with Crippen LogP contribution in [0.3, 0.4) is 0 Å². The molecule has 0 bridgehead atoms. The second kappa shape index (κ2) is 13.4. The van der Waals surface area contributed by atoms with Gasteiger partial charge in [-0.3, -0.25) is 9.79 Å². The van der Waals surface area contributed by atoms with E-state index >= 15 is 0 Å². The molecule has 5 atom stereocenters. The molecule has 1 aromatic carbocycles. The summed E-state index contributed by atoms with van der Waals surface area (Å²) in [4.78, 5) is 16.0. The summed E-state index contributed by atoms with van der Waals surface area (Å²) in [5.41, 5.74) is 0.758. The largest absolute Gasteiger partial charge is 0.448 e. The zero-order valence-electron chi connectivity index (χ0n) is 23.3. The normalized spacial score (nSPS) is 20.9. The minimum absolute atomic E-state index is 0.0597. The number of carbonyl (C=O) groups excluding carboxylic acids is 1. The van der Waals surface area contributed by atoms with Crippen molar-refractivity contribution in [1.29, 1.82) is 0 Å². The molecule has 9 heteroatoms. The Kier molecular flexibility index (Phi) is 11.1. The number of alkyl halides is 3. The lowest BCUT2D eigenvalue weighted by Gasteiger charge is -2.33. The molecule has 0 saturated carbocycles. The lowest BCUT2D eigenvalue weighted by molar-refractivity contribution is -0.119. The van der Waals surface area contributed by atoms with E-state index in [1.165, 1.54) is 31.2 Å². The van der Waals surface area contributed by atoms with Gasteiger partial charge in [0.05, 0.1) is 11.7 Å². The maximum absolute atomic E-state index is 13.6. The lowest BCUT2D eigenvalue weighted by Crippen LogP contribution is -2.39. The molecule has 2 N–H and O–H groups in total. The highest BCUT2D eigenvalue weighted by atomic mass is 19.4. The van der Waals surface area contributed by atoms with Crippen molar-refractivity contribution in [2.24, 2.45) is 22.7 Å². The number of hydrogen-bond acceptors (Lipinski definition) is 3. The topological polar surface area (TPSA) is 62.7 Å². The SMILES string of the molecule is CCC(CC1C=C(NC(=O)CN=C(NC(C)c2ccc(F)cc2)C(F)(F)F)C=CC1C)C(C)OC(C)(C)C. The van der Waals surface area contributed by atoms with E-state index in [0.29, 0.717) is 17.2 Å². The molecule has 0 saturated heterocycles. The third-order valence-electron chi connectivity index (χ3n) is 6.61. The molecule has 1 aliphatic carbocycles. The van der Waals surface area contributed by atoms with E-state index < -0.39 is 36.3 Å². The van der Waals surface area contributed by atoms with Crippen LogP contribution in [0.15, 0.2) is 53.2 Å². The molecule has 0 fully saturated rings. The predicted molar refractivity (Wildman–Crippen MR) is 143 cm³/mol.